The van der Waals surface area contributed by atoms with E-state index < -0.39 is 5.97 Å². The van der Waals surface area contributed by atoms with E-state index in [-0.39, 0.29) is 11.7 Å². The van der Waals surface area contributed by atoms with Crippen molar-refractivity contribution in [3.63, 3.8) is 0 Å². The Labute approximate surface area is 118 Å². The summed E-state index contributed by atoms with van der Waals surface area (Å²) < 4.78 is 5.12. The van der Waals surface area contributed by atoms with E-state index in [1.165, 1.54) is 0 Å². The molecule has 1 aromatic carbocycles. The Balaban J connectivity index is 1.90. The molecule has 0 saturated heterocycles. The van der Waals surface area contributed by atoms with E-state index in [4.69, 9.17) is 9.84 Å². The predicted octanol–water partition coefficient (Wildman–Crippen LogP) is 3.16. The molecule has 4 nitrogen and oxygen atoms in total. The largest absolute Gasteiger partial charge is 0.497 e. The summed E-state index contributed by atoms with van der Waals surface area (Å²) in [6.07, 6.45) is 3.52. The van der Waals surface area contributed by atoms with Crippen molar-refractivity contribution in [2.45, 2.75) is 32.1 Å². The summed E-state index contributed by atoms with van der Waals surface area (Å²) in [5, 5.41) is 8.96. The minimum atomic E-state index is -0.706. The number of carbonyl (C=O) groups excluding carboxylic acids is 1. The fraction of sp³-hybridized carbons (Fsp3) is 0.500. The number of ketones is 1. The van der Waals surface area contributed by atoms with Crippen LogP contribution in [-0.2, 0) is 4.79 Å². The second-order valence-corrected chi connectivity index (χ2v) is 5.42. The number of methoxy groups -OCH3 is 1. The highest BCUT2D eigenvalue weighted by Gasteiger charge is 2.27. The highest BCUT2D eigenvalue weighted by Crippen LogP contribution is 2.32. The number of carboxylic acid groups (broad SMARTS) is 1. The van der Waals surface area contributed by atoms with Crippen LogP contribution in [0.1, 0.15) is 42.5 Å². The lowest BCUT2D eigenvalue weighted by molar-refractivity contribution is -0.143. The molecule has 1 aliphatic rings. The van der Waals surface area contributed by atoms with Crippen LogP contribution in [0.25, 0.3) is 0 Å². The molecule has 2 rings (SSSR count). The minimum absolute atomic E-state index is 0.114. The lowest BCUT2D eigenvalue weighted by atomic mass is 9.79. The second-order valence-electron chi connectivity index (χ2n) is 5.42. The zero-order valence-electron chi connectivity index (χ0n) is 11.7. The van der Waals surface area contributed by atoms with Gasteiger partial charge in [0, 0.05) is 12.0 Å². The number of hydrogen-bond acceptors (Lipinski definition) is 3. The topological polar surface area (TPSA) is 63.6 Å². The van der Waals surface area contributed by atoms with Crippen molar-refractivity contribution in [3.05, 3.63) is 29.8 Å². The maximum atomic E-state index is 12.2. The van der Waals surface area contributed by atoms with Gasteiger partial charge in [0.2, 0.25) is 0 Å². The zero-order valence-corrected chi connectivity index (χ0v) is 11.7. The van der Waals surface area contributed by atoms with E-state index in [0.717, 1.165) is 12.8 Å². The Hall–Kier alpha value is -1.84. The third-order valence-corrected chi connectivity index (χ3v) is 4.06. The number of carboxylic acids is 1. The van der Waals surface area contributed by atoms with E-state index in [1.807, 2.05) is 12.1 Å². The molecule has 0 spiro atoms. The van der Waals surface area contributed by atoms with Crippen molar-refractivity contribution in [2.75, 3.05) is 7.11 Å². The quantitative estimate of drug-likeness (QED) is 0.839. The lowest BCUT2D eigenvalue weighted by Gasteiger charge is -2.25. The highest BCUT2D eigenvalue weighted by molar-refractivity contribution is 5.96. The summed E-state index contributed by atoms with van der Waals surface area (Å²) in [5.74, 6) is 0.179. The van der Waals surface area contributed by atoms with Crippen LogP contribution < -0.4 is 4.74 Å². The van der Waals surface area contributed by atoms with Crippen molar-refractivity contribution in [1.82, 2.24) is 0 Å². The average molecular weight is 276 g/mol. The molecule has 4 heteroatoms. The van der Waals surface area contributed by atoms with Crippen LogP contribution in [0.5, 0.6) is 5.75 Å². The molecule has 0 radical (unpaired) electrons. The Morgan fingerprint density at radius 3 is 2.55 bits per heavy atom. The fourth-order valence-electron chi connectivity index (χ4n) is 2.79. The van der Waals surface area contributed by atoms with Crippen molar-refractivity contribution >= 4 is 11.8 Å². The molecule has 1 aliphatic carbocycles. The van der Waals surface area contributed by atoms with Crippen molar-refractivity contribution in [3.8, 4) is 5.75 Å². The average Bonchev–Trinajstić information content (AvgIpc) is 2.47. The van der Waals surface area contributed by atoms with E-state index >= 15 is 0 Å². The first-order chi connectivity index (χ1) is 9.60. The first kappa shape index (κ1) is 14.6. The maximum Gasteiger partial charge on any atom is 0.306 e. The smallest absolute Gasteiger partial charge is 0.306 e. The van der Waals surface area contributed by atoms with Gasteiger partial charge in [-0.1, -0.05) is 12.1 Å². The molecule has 1 fully saturated rings. The maximum absolute atomic E-state index is 12.2. The van der Waals surface area contributed by atoms with Gasteiger partial charge >= 0.3 is 5.97 Å². The lowest BCUT2D eigenvalue weighted by Crippen LogP contribution is -2.22. The van der Waals surface area contributed by atoms with Gasteiger partial charge in [-0.3, -0.25) is 9.59 Å². The highest BCUT2D eigenvalue weighted by atomic mass is 16.5. The normalized spacial score (nSPS) is 22.2. The molecule has 20 heavy (non-hydrogen) atoms. The second kappa shape index (κ2) is 6.55. The van der Waals surface area contributed by atoms with Gasteiger partial charge in [0.15, 0.2) is 5.78 Å². The molecule has 0 heterocycles. The number of carbonyl (C=O) groups is 2. The Kier molecular flexibility index (Phi) is 4.77. The number of ether oxygens (including phenoxy) is 1. The van der Waals surface area contributed by atoms with Gasteiger partial charge < -0.3 is 9.84 Å². The molecule has 0 aromatic heterocycles. The molecule has 0 atom stereocenters. The van der Waals surface area contributed by atoms with Gasteiger partial charge in [-0.25, -0.2) is 0 Å². The number of rotatable bonds is 5. The van der Waals surface area contributed by atoms with Crippen LogP contribution >= 0.6 is 0 Å². The number of aliphatic carboxylic acids is 1. The summed E-state index contributed by atoms with van der Waals surface area (Å²) in [7, 11) is 1.58. The summed E-state index contributed by atoms with van der Waals surface area (Å²) in [5.41, 5.74) is 0.671. The molecule has 108 valence electrons. The first-order valence-electron chi connectivity index (χ1n) is 7.00. The van der Waals surface area contributed by atoms with Gasteiger partial charge in [0.1, 0.15) is 5.75 Å². The van der Waals surface area contributed by atoms with Crippen molar-refractivity contribution in [2.24, 2.45) is 11.8 Å². The number of hydrogen-bond donors (Lipinski definition) is 1. The summed E-state index contributed by atoms with van der Waals surface area (Å²) in [4.78, 5) is 23.1. The molecular weight excluding hydrogens is 256 g/mol. The van der Waals surface area contributed by atoms with E-state index in [2.05, 4.69) is 0 Å². The minimum Gasteiger partial charge on any atom is -0.497 e. The molecule has 1 N–H and O–H groups in total. The van der Waals surface area contributed by atoms with Crippen LogP contribution in [0.4, 0.5) is 0 Å². The van der Waals surface area contributed by atoms with Gasteiger partial charge in [0.25, 0.3) is 0 Å². The standard InChI is InChI=1S/C16H20O4/c1-20-14-4-2-3-13(10-14)15(17)9-11-5-7-12(8-6-11)16(18)19/h2-4,10-12H,5-9H2,1H3,(H,18,19). The SMILES string of the molecule is COc1cccc(C(=O)CC2CCC(C(=O)O)CC2)c1. The van der Waals surface area contributed by atoms with Gasteiger partial charge in [-0.2, -0.15) is 0 Å². The molecule has 0 amide bonds. The summed E-state index contributed by atoms with van der Waals surface area (Å²) >= 11 is 0. The third kappa shape index (κ3) is 3.59. The van der Waals surface area contributed by atoms with Gasteiger partial charge in [0.05, 0.1) is 13.0 Å². The molecule has 0 unspecified atom stereocenters. The van der Waals surface area contributed by atoms with Gasteiger partial charge in [-0.15, -0.1) is 0 Å². The Morgan fingerprint density at radius 2 is 1.95 bits per heavy atom. The molecule has 0 bridgehead atoms. The monoisotopic (exact) mass is 276 g/mol. The molecule has 1 aromatic rings. The predicted molar refractivity (Wildman–Crippen MR) is 75.0 cm³/mol. The number of Topliss-reactive ketones (excluding diaryl/α,β-unsaturated/α-hetero) is 1. The van der Waals surface area contributed by atoms with Crippen LogP contribution in [-0.4, -0.2) is 24.0 Å². The van der Waals surface area contributed by atoms with E-state index in [1.54, 1.807) is 19.2 Å². The zero-order chi connectivity index (χ0) is 14.5. The van der Waals surface area contributed by atoms with Crippen LogP contribution in [0.3, 0.4) is 0 Å². The van der Waals surface area contributed by atoms with E-state index in [9.17, 15) is 9.59 Å². The van der Waals surface area contributed by atoms with Crippen LogP contribution in [0.15, 0.2) is 24.3 Å². The molecule has 0 aliphatic heterocycles. The Bertz CT molecular complexity index is 487. The third-order valence-electron chi connectivity index (χ3n) is 4.06. The van der Waals surface area contributed by atoms with E-state index in [0.29, 0.717) is 36.5 Å². The van der Waals surface area contributed by atoms with Gasteiger partial charge in [-0.05, 0) is 43.7 Å². The summed E-state index contributed by atoms with van der Waals surface area (Å²) in [6, 6.07) is 7.18. The molecule has 1 saturated carbocycles. The van der Waals surface area contributed by atoms with Crippen molar-refractivity contribution in [1.29, 1.82) is 0 Å². The van der Waals surface area contributed by atoms with Crippen LogP contribution in [0.2, 0.25) is 0 Å². The van der Waals surface area contributed by atoms with Crippen molar-refractivity contribution < 1.29 is 19.4 Å². The van der Waals surface area contributed by atoms with Crippen LogP contribution in [0, 0.1) is 11.8 Å². The molecular formula is C16H20O4. The first-order valence-corrected chi connectivity index (χ1v) is 7.00. The Morgan fingerprint density at radius 1 is 1.25 bits per heavy atom. The summed E-state index contributed by atoms with van der Waals surface area (Å²) in [6.45, 7) is 0. The fourth-order valence-corrected chi connectivity index (χ4v) is 2.79. The number of benzene rings is 1.